The molecule has 0 amide bonds. The van der Waals surface area contributed by atoms with Gasteiger partial charge in [0.1, 0.15) is 17.2 Å². The Hall–Kier alpha value is -2.20. The highest BCUT2D eigenvalue weighted by molar-refractivity contribution is 5.39. The van der Waals surface area contributed by atoms with Gasteiger partial charge < -0.3 is 20.3 Å². The van der Waals surface area contributed by atoms with Crippen LogP contribution in [0.5, 0.6) is 17.2 Å². The third-order valence-corrected chi connectivity index (χ3v) is 3.53. The lowest BCUT2D eigenvalue weighted by atomic mass is 10.0. The van der Waals surface area contributed by atoms with Gasteiger partial charge in [-0.25, -0.2) is 0 Å². The van der Waals surface area contributed by atoms with E-state index in [1.807, 2.05) is 31.2 Å². The van der Waals surface area contributed by atoms with Crippen molar-refractivity contribution in [3.63, 3.8) is 0 Å². The average Bonchev–Trinajstić information content (AvgIpc) is 2.46. The smallest absolute Gasteiger partial charge is 0.123 e. The van der Waals surface area contributed by atoms with Gasteiger partial charge in [0.15, 0.2) is 0 Å². The van der Waals surface area contributed by atoms with Gasteiger partial charge in [-0.05, 0) is 37.6 Å². The summed E-state index contributed by atoms with van der Waals surface area (Å²) in [7, 11) is 1.66. The lowest BCUT2D eigenvalue weighted by Gasteiger charge is -2.22. The molecule has 0 spiro atoms. The second-order valence-corrected chi connectivity index (χ2v) is 5.13. The van der Waals surface area contributed by atoms with Crippen LogP contribution in [0.2, 0.25) is 0 Å². The monoisotopic (exact) mass is 287 g/mol. The number of phenolic OH excluding ortho intramolecular Hbond substituents is 2. The molecule has 0 aliphatic heterocycles. The van der Waals surface area contributed by atoms with E-state index in [0.29, 0.717) is 0 Å². The van der Waals surface area contributed by atoms with Gasteiger partial charge >= 0.3 is 0 Å². The second kappa shape index (κ2) is 6.50. The molecule has 2 aromatic rings. The highest BCUT2D eigenvalue weighted by atomic mass is 16.5. The maximum Gasteiger partial charge on any atom is 0.123 e. The molecule has 2 atom stereocenters. The third-order valence-electron chi connectivity index (χ3n) is 3.53. The minimum atomic E-state index is -0.0251. The first-order valence-electron chi connectivity index (χ1n) is 6.93. The summed E-state index contributed by atoms with van der Waals surface area (Å²) in [5, 5.41) is 22.6. The zero-order valence-electron chi connectivity index (χ0n) is 12.5. The number of nitrogens with one attached hydrogen (secondary N) is 1. The first-order valence-corrected chi connectivity index (χ1v) is 6.93. The molecule has 0 saturated carbocycles. The molecule has 112 valence electrons. The van der Waals surface area contributed by atoms with Gasteiger partial charge in [0.2, 0.25) is 0 Å². The van der Waals surface area contributed by atoms with Crippen LogP contribution in [0.1, 0.15) is 37.1 Å². The number of hydrogen-bond donors (Lipinski definition) is 3. The van der Waals surface area contributed by atoms with Gasteiger partial charge in [0.05, 0.1) is 7.11 Å². The Morgan fingerprint density at radius 3 is 2.19 bits per heavy atom. The number of ether oxygens (including phenoxy) is 1. The van der Waals surface area contributed by atoms with E-state index in [-0.39, 0.29) is 23.6 Å². The molecule has 0 heterocycles. The normalized spacial score (nSPS) is 13.7. The van der Waals surface area contributed by atoms with E-state index >= 15 is 0 Å². The topological polar surface area (TPSA) is 61.7 Å². The molecular weight excluding hydrogens is 266 g/mol. The fraction of sp³-hybridized carbons (Fsp3) is 0.294. The Bertz CT molecular complexity index is 592. The van der Waals surface area contributed by atoms with E-state index in [0.717, 1.165) is 16.9 Å². The number of hydrogen-bond acceptors (Lipinski definition) is 4. The molecule has 4 heteroatoms. The summed E-state index contributed by atoms with van der Waals surface area (Å²) in [5.41, 5.74) is 1.89. The predicted octanol–water partition coefficient (Wildman–Crippen LogP) is 3.52. The standard InChI is InChI=1S/C17H21NO3/c1-11(13-8-14(19)10-15(20)9-13)18-12(2)16-6-4-5-7-17(16)21-3/h4-12,18-20H,1-3H3. The van der Waals surface area contributed by atoms with Crippen LogP contribution in [-0.4, -0.2) is 17.3 Å². The van der Waals surface area contributed by atoms with Crippen LogP contribution < -0.4 is 10.1 Å². The van der Waals surface area contributed by atoms with Crippen LogP contribution in [0, 0.1) is 0 Å². The summed E-state index contributed by atoms with van der Waals surface area (Å²) >= 11 is 0. The van der Waals surface area contributed by atoms with E-state index in [1.165, 1.54) is 6.07 Å². The molecule has 0 aliphatic rings. The molecular formula is C17H21NO3. The Kier molecular flexibility index (Phi) is 4.70. The molecule has 0 bridgehead atoms. The SMILES string of the molecule is COc1ccccc1C(C)NC(C)c1cc(O)cc(O)c1. The molecule has 0 aromatic heterocycles. The van der Waals surface area contributed by atoms with Crippen molar-refractivity contribution in [2.75, 3.05) is 7.11 Å². The lowest BCUT2D eigenvalue weighted by molar-refractivity contribution is 0.396. The Morgan fingerprint density at radius 1 is 0.952 bits per heavy atom. The molecule has 0 radical (unpaired) electrons. The zero-order chi connectivity index (χ0) is 15.4. The number of phenols is 2. The van der Waals surface area contributed by atoms with Crippen LogP contribution >= 0.6 is 0 Å². The van der Waals surface area contributed by atoms with E-state index < -0.39 is 0 Å². The van der Waals surface area contributed by atoms with Gasteiger partial charge in [-0.15, -0.1) is 0 Å². The van der Waals surface area contributed by atoms with Crippen molar-refractivity contribution in [2.24, 2.45) is 0 Å². The zero-order valence-corrected chi connectivity index (χ0v) is 12.5. The second-order valence-electron chi connectivity index (χ2n) is 5.13. The van der Waals surface area contributed by atoms with Crippen molar-refractivity contribution in [3.05, 3.63) is 53.6 Å². The number of aromatic hydroxyl groups is 2. The van der Waals surface area contributed by atoms with Gasteiger partial charge in [-0.1, -0.05) is 18.2 Å². The van der Waals surface area contributed by atoms with Crippen molar-refractivity contribution in [3.8, 4) is 17.2 Å². The molecule has 2 unspecified atom stereocenters. The summed E-state index contributed by atoms with van der Waals surface area (Å²) in [4.78, 5) is 0. The Labute approximate surface area is 125 Å². The van der Waals surface area contributed by atoms with E-state index in [9.17, 15) is 10.2 Å². The lowest BCUT2D eigenvalue weighted by Crippen LogP contribution is -2.22. The number of rotatable bonds is 5. The molecule has 2 rings (SSSR count). The highest BCUT2D eigenvalue weighted by Crippen LogP contribution is 2.29. The summed E-state index contributed by atoms with van der Waals surface area (Å²) in [6, 6.07) is 12.5. The summed E-state index contributed by atoms with van der Waals surface area (Å²) in [5.74, 6) is 0.954. The number of methoxy groups -OCH3 is 1. The van der Waals surface area contributed by atoms with Crippen molar-refractivity contribution < 1.29 is 14.9 Å². The molecule has 21 heavy (non-hydrogen) atoms. The largest absolute Gasteiger partial charge is 0.508 e. The van der Waals surface area contributed by atoms with Crippen LogP contribution in [0.15, 0.2) is 42.5 Å². The quantitative estimate of drug-likeness (QED) is 0.787. The van der Waals surface area contributed by atoms with E-state index in [2.05, 4.69) is 12.2 Å². The van der Waals surface area contributed by atoms with E-state index in [1.54, 1.807) is 19.2 Å². The first-order chi connectivity index (χ1) is 10.0. The number of para-hydroxylation sites is 1. The first kappa shape index (κ1) is 15.2. The maximum absolute atomic E-state index is 9.57. The van der Waals surface area contributed by atoms with Gasteiger partial charge in [0.25, 0.3) is 0 Å². The molecule has 2 aromatic carbocycles. The Morgan fingerprint density at radius 2 is 1.57 bits per heavy atom. The highest BCUT2D eigenvalue weighted by Gasteiger charge is 2.15. The van der Waals surface area contributed by atoms with Crippen molar-refractivity contribution in [1.29, 1.82) is 0 Å². The third kappa shape index (κ3) is 3.67. The van der Waals surface area contributed by atoms with Crippen molar-refractivity contribution in [1.82, 2.24) is 5.32 Å². The molecule has 0 aliphatic carbocycles. The molecule has 0 saturated heterocycles. The fourth-order valence-electron chi connectivity index (χ4n) is 2.45. The molecule has 3 N–H and O–H groups in total. The van der Waals surface area contributed by atoms with Crippen LogP contribution in [0.3, 0.4) is 0 Å². The average molecular weight is 287 g/mol. The summed E-state index contributed by atoms with van der Waals surface area (Å²) < 4.78 is 5.37. The molecule has 0 fully saturated rings. The van der Waals surface area contributed by atoms with Crippen LogP contribution in [-0.2, 0) is 0 Å². The van der Waals surface area contributed by atoms with E-state index in [4.69, 9.17) is 4.74 Å². The summed E-state index contributed by atoms with van der Waals surface area (Å²) in [6.07, 6.45) is 0. The van der Waals surface area contributed by atoms with Gasteiger partial charge in [-0.3, -0.25) is 0 Å². The molecule has 4 nitrogen and oxygen atoms in total. The van der Waals surface area contributed by atoms with Crippen molar-refractivity contribution in [2.45, 2.75) is 25.9 Å². The maximum atomic E-state index is 9.57. The van der Waals surface area contributed by atoms with Gasteiger partial charge in [0, 0.05) is 23.7 Å². The van der Waals surface area contributed by atoms with Gasteiger partial charge in [-0.2, -0.15) is 0 Å². The number of benzene rings is 2. The van der Waals surface area contributed by atoms with Crippen LogP contribution in [0.25, 0.3) is 0 Å². The minimum absolute atomic E-state index is 0.0251. The fourth-order valence-corrected chi connectivity index (χ4v) is 2.45. The minimum Gasteiger partial charge on any atom is -0.508 e. The van der Waals surface area contributed by atoms with Crippen molar-refractivity contribution >= 4 is 0 Å². The van der Waals surface area contributed by atoms with Crippen LogP contribution in [0.4, 0.5) is 0 Å². The summed E-state index contributed by atoms with van der Waals surface area (Å²) in [6.45, 7) is 4.04. The Balaban J connectivity index is 2.16. The predicted molar refractivity (Wildman–Crippen MR) is 82.7 cm³/mol.